The van der Waals surface area contributed by atoms with Gasteiger partial charge in [0.25, 0.3) is 0 Å². The first-order chi connectivity index (χ1) is 8.90. The van der Waals surface area contributed by atoms with Crippen molar-refractivity contribution in [3.63, 3.8) is 0 Å². The fraction of sp³-hybridized carbons (Fsp3) is 0.250. The first kappa shape index (κ1) is 15.0. The zero-order valence-corrected chi connectivity index (χ0v) is 10.6. The molecule has 0 aromatic heterocycles. The van der Waals surface area contributed by atoms with Crippen LogP contribution in [-0.2, 0) is 20.8 Å². The van der Waals surface area contributed by atoms with Crippen molar-refractivity contribution in [2.24, 2.45) is 0 Å². The molecular formula is C12H12ClNO5. The lowest BCUT2D eigenvalue weighted by Crippen LogP contribution is -2.42. The first-order valence-electron chi connectivity index (χ1n) is 5.37. The maximum absolute atomic E-state index is 11.6. The van der Waals surface area contributed by atoms with E-state index < -0.39 is 30.3 Å². The van der Waals surface area contributed by atoms with Gasteiger partial charge in [-0.2, -0.15) is 0 Å². The van der Waals surface area contributed by atoms with Crippen LogP contribution >= 0.6 is 11.6 Å². The van der Waals surface area contributed by atoms with Crippen molar-refractivity contribution < 1.29 is 24.6 Å². The molecular weight excluding hydrogens is 274 g/mol. The van der Waals surface area contributed by atoms with E-state index in [1.807, 2.05) is 0 Å². The monoisotopic (exact) mass is 285 g/mol. The van der Waals surface area contributed by atoms with E-state index >= 15 is 0 Å². The lowest BCUT2D eigenvalue weighted by atomic mass is 10.1. The van der Waals surface area contributed by atoms with Crippen molar-refractivity contribution in [3.05, 3.63) is 34.9 Å². The second-order valence-corrected chi connectivity index (χ2v) is 4.23. The molecule has 1 aromatic carbocycles. The third kappa shape index (κ3) is 4.97. The zero-order chi connectivity index (χ0) is 14.4. The predicted molar refractivity (Wildman–Crippen MR) is 67.0 cm³/mol. The number of benzene rings is 1. The number of carboxylic acid groups (broad SMARTS) is 2. The molecule has 0 saturated carbocycles. The molecule has 0 aliphatic heterocycles. The molecule has 6 nitrogen and oxygen atoms in total. The second-order valence-electron chi connectivity index (χ2n) is 3.82. The van der Waals surface area contributed by atoms with Gasteiger partial charge in [0.2, 0.25) is 5.91 Å². The SMILES string of the molecule is O=C(O)C[C@H](NC(=O)Cc1ccccc1Cl)C(=O)O. The van der Waals surface area contributed by atoms with Crippen molar-refractivity contribution in [1.82, 2.24) is 5.32 Å². The number of carbonyl (C=O) groups excluding carboxylic acids is 1. The van der Waals surface area contributed by atoms with E-state index in [-0.39, 0.29) is 6.42 Å². The summed E-state index contributed by atoms with van der Waals surface area (Å²) in [6.07, 6.45) is -0.785. The smallest absolute Gasteiger partial charge is 0.326 e. The van der Waals surface area contributed by atoms with Crippen LogP contribution in [0.2, 0.25) is 5.02 Å². The van der Waals surface area contributed by atoms with Gasteiger partial charge in [-0.25, -0.2) is 4.79 Å². The highest BCUT2D eigenvalue weighted by Crippen LogP contribution is 2.15. The molecule has 0 saturated heterocycles. The van der Waals surface area contributed by atoms with Crippen molar-refractivity contribution in [1.29, 1.82) is 0 Å². The van der Waals surface area contributed by atoms with Crippen molar-refractivity contribution in [2.45, 2.75) is 18.9 Å². The Morgan fingerprint density at radius 1 is 1.21 bits per heavy atom. The van der Waals surface area contributed by atoms with E-state index in [9.17, 15) is 14.4 Å². The predicted octanol–water partition coefficient (Wildman–Crippen LogP) is 0.927. The summed E-state index contributed by atoms with van der Waals surface area (Å²) in [4.78, 5) is 32.9. The average Bonchev–Trinajstić information content (AvgIpc) is 2.30. The Hall–Kier alpha value is -2.08. The highest BCUT2D eigenvalue weighted by molar-refractivity contribution is 6.31. The van der Waals surface area contributed by atoms with Gasteiger partial charge in [-0.15, -0.1) is 0 Å². The molecule has 0 bridgehead atoms. The molecule has 0 heterocycles. The molecule has 1 rings (SSSR count). The number of nitrogens with one attached hydrogen (secondary N) is 1. The molecule has 0 aliphatic rings. The Bertz CT molecular complexity index is 503. The van der Waals surface area contributed by atoms with Crippen LogP contribution in [0, 0.1) is 0 Å². The Kier molecular flexibility index (Phi) is 5.32. The average molecular weight is 286 g/mol. The molecule has 7 heteroatoms. The van der Waals surface area contributed by atoms with E-state index in [1.54, 1.807) is 24.3 Å². The van der Waals surface area contributed by atoms with Crippen LogP contribution in [0.5, 0.6) is 0 Å². The highest BCUT2D eigenvalue weighted by atomic mass is 35.5. The van der Waals surface area contributed by atoms with E-state index in [2.05, 4.69) is 5.32 Å². The maximum atomic E-state index is 11.6. The quantitative estimate of drug-likeness (QED) is 0.721. The topological polar surface area (TPSA) is 104 Å². The van der Waals surface area contributed by atoms with Gasteiger partial charge < -0.3 is 15.5 Å². The van der Waals surface area contributed by atoms with Crippen molar-refractivity contribution >= 4 is 29.4 Å². The van der Waals surface area contributed by atoms with Gasteiger partial charge in [-0.05, 0) is 11.6 Å². The standard InChI is InChI=1S/C12H12ClNO5/c13-8-4-2-1-3-7(8)5-10(15)14-9(12(18)19)6-11(16)17/h1-4,9H,5-6H2,(H,14,15)(H,16,17)(H,18,19)/t9-/m0/s1. The van der Waals surface area contributed by atoms with E-state index in [0.29, 0.717) is 10.6 Å². The summed E-state index contributed by atoms with van der Waals surface area (Å²) >= 11 is 5.86. The van der Waals surface area contributed by atoms with Crippen LogP contribution in [0.3, 0.4) is 0 Å². The highest BCUT2D eigenvalue weighted by Gasteiger charge is 2.23. The maximum Gasteiger partial charge on any atom is 0.326 e. The first-order valence-corrected chi connectivity index (χ1v) is 5.75. The fourth-order valence-electron chi connectivity index (χ4n) is 1.43. The summed E-state index contributed by atoms with van der Waals surface area (Å²) in [5, 5.41) is 19.9. The largest absolute Gasteiger partial charge is 0.481 e. The molecule has 19 heavy (non-hydrogen) atoms. The Morgan fingerprint density at radius 3 is 2.37 bits per heavy atom. The van der Waals surface area contributed by atoms with Crippen LogP contribution in [0.15, 0.2) is 24.3 Å². The van der Waals surface area contributed by atoms with Crippen LogP contribution in [0.1, 0.15) is 12.0 Å². The lowest BCUT2D eigenvalue weighted by Gasteiger charge is -2.12. The van der Waals surface area contributed by atoms with Gasteiger partial charge in [0.05, 0.1) is 12.8 Å². The third-order valence-corrected chi connectivity index (χ3v) is 2.69. The molecule has 3 N–H and O–H groups in total. The van der Waals surface area contributed by atoms with E-state index in [1.165, 1.54) is 0 Å². The number of carbonyl (C=O) groups is 3. The number of amides is 1. The summed E-state index contributed by atoms with van der Waals surface area (Å²) in [6, 6.07) is 5.19. The number of hydrogen-bond donors (Lipinski definition) is 3. The summed E-state index contributed by atoms with van der Waals surface area (Å²) in [5.74, 6) is -3.29. The van der Waals surface area contributed by atoms with Crippen molar-refractivity contribution in [3.8, 4) is 0 Å². The summed E-state index contributed by atoms with van der Waals surface area (Å²) < 4.78 is 0. The Labute approximate surface area is 114 Å². The van der Waals surface area contributed by atoms with Crippen LogP contribution in [0.4, 0.5) is 0 Å². The summed E-state index contributed by atoms with van der Waals surface area (Å²) in [7, 11) is 0. The molecule has 0 aliphatic carbocycles. The zero-order valence-electron chi connectivity index (χ0n) is 9.80. The van der Waals surface area contributed by atoms with Crippen LogP contribution < -0.4 is 5.32 Å². The third-order valence-electron chi connectivity index (χ3n) is 2.32. The number of carboxylic acids is 2. The Balaban J connectivity index is 2.65. The number of halogens is 1. The van der Waals surface area contributed by atoms with E-state index in [0.717, 1.165) is 0 Å². The van der Waals surface area contributed by atoms with Crippen LogP contribution in [-0.4, -0.2) is 34.1 Å². The van der Waals surface area contributed by atoms with Gasteiger partial charge in [-0.3, -0.25) is 9.59 Å². The van der Waals surface area contributed by atoms with Gasteiger partial charge in [0, 0.05) is 5.02 Å². The molecule has 0 radical (unpaired) electrons. The Morgan fingerprint density at radius 2 is 1.84 bits per heavy atom. The molecule has 0 unspecified atom stereocenters. The number of rotatable bonds is 6. The molecule has 102 valence electrons. The van der Waals surface area contributed by atoms with Crippen molar-refractivity contribution in [2.75, 3.05) is 0 Å². The minimum atomic E-state index is -1.45. The lowest BCUT2D eigenvalue weighted by molar-refractivity contribution is -0.147. The number of hydrogen-bond acceptors (Lipinski definition) is 3. The number of aliphatic carboxylic acids is 2. The molecule has 1 aromatic rings. The second kappa shape index (κ2) is 6.75. The van der Waals surface area contributed by atoms with Gasteiger partial charge in [0.15, 0.2) is 0 Å². The van der Waals surface area contributed by atoms with Gasteiger partial charge >= 0.3 is 11.9 Å². The molecule has 1 atom stereocenters. The summed E-state index contributed by atoms with van der Waals surface area (Å²) in [6.45, 7) is 0. The molecule has 0 spiro atoms. The van der Waals surface area contributed by atoms with Gasteiger partial charge in [0.1, 0.15) is 6.04 Å². The van der Waals surface area contributed by atoms with E-state index in [4.69, 9.17) is 21.8 Å². The normalized spacial score (nSPS) is 11.6. The fourth-order valence-corrected chi connectivity index (χ4v) is 1.64. The van der Waals surface area contributed by atoms with Gasteiger partial charge in [-0.1, -0.05) is 29.8 Å². The molecule has 1 amide bonds. The molecule has 0 fully saturated rings. The summed E-state index contributed by atoms with van der Waals surface area (Å²) in [5.41, 5.74) is 0.543. The minimum absolute atomic E-state index is 0.108. The van der Waals surface area contributed by atoms with Crippen LogP contribution in [0.25, 0.3) is 0 Å². The minimum Gasteiger partial charge on any atom is -0.481 e.